The van der Waals surface area contributed by atoms with Crippen LogP contribution in [0.4, 0.5) is 4.79 Å². The number of ether oxygens (including phenoxy) is 1. The Kier molecular flexibility index (Phi) is 6.14. The number of benzene rings is 2. The van der Waals surface area contributed by atoms with Gasteiger partial charge in [-0.3, -0.25) is 14.4 Å². The third-order valence-electron chi connectivity index (χ3n) is 4.40. The maximum absolute atomic E-state index is 12.6. The van der Waals surface area contributed by atoms with Crippen molar-refractivity contribution in [3.63, 3.8) is 0 Å². The molecule has 1 aliphatic heterocycles. The summed E-state index contributed by atoms with van der Waals surface area (Å²) in [6.45, 7) is 6.91. The highest BCUT2D eigenvalue weighted by Gasteiger charge is 2.39. The molecule has 2 unspecified atom stereocenters. The molecular formula is C22H23ClN2O5. The van der Waals surface area contributed by atoms with Crippen LogP contribution in [0, 0.1) is 0 Å². The van der Waals surface area contributed by atoms with Gasteiger partial charge < -0.3 is 10.1 Å². The first kappa shape index (κ1) is 21.8. The third-order valence-corrected chi connectivity index (χ3v) is 4.65. The molecule has 0 saturated heterocycles. The summed E-state index contributed by atoms with van der Waals surface area (Å²) >= 11 is 5.98. The maximum atomic E-state index is 12.6. The molecule has 3 rings (SSSR count). The number of halogens is 1. The predicted octanol–water partition coefficient (Wildman–Crippen LogP) is 4.52. The van der Waals surface area contributed by atoms with Gasteiger partial charge >= 0.3 is 6.09 Å². The van der Waals surface area contributed by atoms with Crippen LogP contribution in [0.2, 0.25) is 5.02 Å². The van der Waals surface area contributed by atoms with E-state index in [1.807, 2.05) is 0 Å². The fourth-order valence-electron chi connectivity index (χ4n) is 3.07. The van der Waals surface area contributed by atoms with Crippen molar-refractivity contribution in [3.05, 3.63) is 70.2 Å². The van der Waals surface area contributed by atoms with E-state index >= 15 is 0 Å². The lowest BCUT2D eigenvalue weighted by Gasteiger charge is -2.29. The molecule has 0 saturated carbocycles. The minimum atomic E-state index is -0.777. The van der Waals surface area contributed by atoms with Gasteiger partial charge in [0.1, 0.15) is 11.7 Å². The van der Waals surface area contributed by atoms with Crippen LogP contribution in [0.5, 0.6) is 0 Å². The molecule has 2 aromatic rings. The van der Waals surface area contributed by atoms with E-state index in [1.165, 1.54) is 0 Å². The molecule has 2 atom stereocenters. The van der Waals surface area contributed by atoms with Crippen LogP contribution in [-0.2, 0) is 9.57 Å². The molecule has 3 amide bonds. The summed E-state index contributed by atoms with van der Waals surface area (Å²) in [7, 11) is 0. The van der Waals surface area contributed by atoms with Crippen molar-refractivity contribution >= 4 is 29.5 Å². The van der Waals surface area contributed by atoms with Crippen molar-refractivity contribution in [1.82, 2.24) is 10.4 Å². The fourth-order valence-corrected chi connectivity index (χ4v) is 3.19. The number of nitrogens with zero attached hydrogens (tertiary/aromatic N) is 1. The minimum absolute atomic E-state index is 0.276. The second-order valence-corrected chi connectivity index (χ2v) is 8.37. The molecule has 8 heteroatoms. The lowest BCUT2D eigenvalue weighted by Crippen LogP contribution is -2.43. The Morgan fingerprint density at radius 3 is 2.03 bits per heavy atom. The summed E-state index contributed by atoms with van der Waals surface area (Å²) < 4.78 is 5.35. The number of fused-ring (bicyclic) bond motifs is 1. The maximum Gasteiger partial charge on any atom is 0.408 e. The second-order valence-electron chi connectivity index (χ2n) is 7.94. The van der Waals surface area contributed by atoms with Crippen LogP contribution >= 0.6 is 11.6 Å². The van der Waals surface area contributed by atoms with Gasteiger partial charge in [-0.1, -0.05) is 35.9 Å². The first-order valence-electron chi connectivity index (χ1n) is 9.46. The van der Waals surface area contributed by atoms with E-state index in [9.17, 15) is 14.4 Å². The molecule has 0 aliphatic carbocycles. The SMILES string of the molecule is CC(ON1C(=O)c2ccccc2C1=O)C(NC(=O)OC(C)(C)C)c1ccc(Cl)cc1. The van der Waals surface area contributed by atoms with E-state index in [0.29, 0.717) is 10.6 Å². The van der Waals surface area contributed by atoms with Crippen LogP contribution in [-0.4, -0.2) is 34.7 Å². The molecule has 30 heavy (non-hydrogen) atoms. The Hall–Kier alpha value is -2.90. The van der Waals surface area contributed by atoms with Crippen molar-refractivity contribution in [2.75, 3.05) is 0 Å². The van der Waals surface area contributed by atoms with E-state index in [-0.39, 0.29) is 11.1 Å². The number of nitrogens with one attached hydrogen (secondary N) is 1. The van der Waals surface area contributed by atoms with Crippen LogP contribution in [0.15, 0.2) is 48.5 Å². The van der Waals surface area contributed by atoms with Crippen molar-refractivity contribution in [2.45, 2.75) is 45.4 Å². The molecule has 0 radical (unpaired) electrons. The average molecular weight is 431 g/mol. The molecule has 1 aliphatic rings. The molecule has 158 valence electrons. The molecule has 1 heterocycles. The number of carbonyl (C=O) groups is 3. The standard InChI is InChI=1S/C22H23ClN2O5/c1-13(30-25-19(26)16-7-5-6-8-17(16)20(25)27)18(14-9-11-15(23)12-10-14)24-21(28)29-22(2,3)4/h5-13,18H,1-4H3,(H,24,28). The van der Waals surface area contributed by atoms with Gasteiger partial charge in [-0.15, -0.1) is 5.06 Å². The zero-order chi connectivity index (χ0) is 22.1. The monoisotopic (exact) mass is 430 g/mol. The van der Waals surface area contributed by atoms with Gasteiger partial charge in [0.05, 0.1) is 17.2 Å². The number of carbonyl (C=O) groups excluding carboxylic acids is 3. The number of amides is 3. The summed E-state index contributed by atoms with van der Waals surface area (Å²) in [4.78, 5) is 43.3. The van der Waals surface area contributed by atoms with Gasteiger partial charge in [0, 0.05) is 5.02 Å². The second kappa shape index (κ2) is 8.45. The largest absolute Gasteiger partial charge is 0.444 e. The van der Waals surface area contributed by atoms with E-state index in [4.69, 9.17) is 21.2 Å². The van der Waals surface area contributed by atoms with E-state index < -0.39 is 35.7 Å². The molecule has 0 spiro atoms. The fraction of sp³-hybridized carbons (Fsp3) is 0.318. The van der Waals surface area contributed by atoms with E-state index in [2.05, 4.69) is 5.32 Å². The zero-order valence-electron chi connectivity index (χ0n) is 17.1. The van der Waals surface area contributed by atoms with E-state index in [1.54, 1.807) is 76.2 Å². The summed E-state index contributed by atoms with van der Waals surface area (Å²) in [5.41, 5.74) is 0.534. The number of hydroxylamine groups is 2. The quantitative estimate of drug-likeness (QED) is 0.705. The number of imide groups is 1. The Balaban J connectivity index is 1.82. The van der Waals surface area contributed by atoms with Gasteiger partial charge in [-0.25, -0.2) is 4.79 Å². The summed E-state index contributed by atoms with van der Waals surface area (Å²) in [6.07, 6.45) is -1.43. The Bertz CT molecular complexity index is 933. The third kappa shape index (κ3) is 4.80. The molecule has 1 N–H and O–H groups in total. The number of hydrogen-bond donors (Lipinski definition) is 1. The van der Waals surface area contributed by atoms with Crippen LogP contribution in [0.25, 0.3) is 0 Å². The van der Waals surface area contributed by atoms with Crippen LogP contribution in [0.1, 0.15) is 60.0 Å². The molecule has 0 bridgehead atoms. The van der Waals surface area contributed by atoms with Crippen molar-refractivity contribution in [1.29, 1.82) is 0 Å². The smallest absolute Gasteiger partial charge is 0.408 e. The lowest BCUT2D eigenvalue weighted by molar-refractivity contribution is -0.136. The molecule has 2 aromatic carbocycles. The van der Waals surface area contributed by atoms with Gasteiger partial charge in [0.15, 0.2) is 0 Å². The molecule has 0 fully saturated rings. The first-order valence-corrected chi connectivity index (χ1v) is 9.84. The highest BCUT2D eigenvalue weighted by molar-refractivity contribution is 6.30. The van der Waals surface area contributed by atoms with E-state index in [0.717, 1.165) is 5.06 Å². The minimum Gasteiger partial charge on any atom is -0.444 e. The summed E-state index contributed by atoms with van der Waals surface area (Å²) in [5.74, 6) is -1.09. The van der Waals surface area contributed by atoms with Crippen LogP contribution in [0.3, 0.4) is 0 Å². The first-order chi connectivity index (χ1) is 14.1. The van der Waals surface area contributed by atoms with Gasteiger partial charge in [-0.05, 0) is 57.5 Å². The molecule has 7 nitrogen and oxygen atoms in total. The number of hydrogen-bond acceptors (Lipinski definition) is 5. The van der Waals surface area contributed by atoms with Gasteiger partial charge in [0.2, 0.25) is 0 Å². The summed E-state index contributed by atoms with van der Waals surface area (Å²) in [6, 6.07) is 12.6. The highest BCUT2D eigenvalue weighted by atomic mass is 35.5. The average Bonchev–Trinajstić information content (AvgIpc) is 2.91. The lowest BCUT2D eigenvalue weighted by atomic mass is 10.0. The van der Waals surface area contributed by atoms with Crippen molar-refractivity contribution in [3.8, 4) is 0 Å². The Morgan fingerprint density at radius 1 is 1.00 bits per heavy atom. The van der Waals surface area contributed by atoms with Crippen molar-refractivity contribution in [2.24, 2.45) is 0 Å². The molecule has 0 aromatic heterocycles. The van der Waals surface area contributed by atoms with Gasteiger partial charge in [0.25, 0.3) is 11.8 Å². The zero-order valence-corrected chi connectivity index (χ0v) is 17.9. The Labute approximate surface area is 179 Å². The summed E-state index contributed by atoms with van der Waals surface area (Å²) in [5, 5.41) is 4.02. The van der Waals surface area contributed by atoms with Crippen LogP contribution < -0.4 is 5.32 Å². The topological polar surface area (TPSA) is 84.9 Å². The molecular weight excluding hydrogens is 408 g/mol. The number of alkyl carbamates (subject to hydrolysis) is 1. The van der Waals surface area contributed by atoms with Crippen molar-refractivity contribution < 1.29 is 24.0 Å². The Morgan fingerprint density at radius 2 is 1.53 bits per heavy atom. The number of rotatable bonds is 5. The normalized spacial score (nSPS) is 15.6. The highest BCUT2D eigenvalue weighted by Crippen LogP contribution is 2.27. The van der Waals surface area contributed by atoms with Gasteiger partial charge in [-0.2, -0.15) is 0 Å². The predicted molar refractivity (Wildman–Crippen MR) is 111 cm³/mol.